The van der Waals surface area contributed by atoms with Crippen LogP contribution in [0.25, 0.3) is 0 Å². The molecule has 0 amide bonds. The Morgan fingerprint density at radius 2 is 1.68 bits per heavy atom. The highest BCUT2D eigenvalue weighted by atomic mass is 16.8. The van der Waals surface area contributed by atoms with Crippen LogP contribution in [0.2, 0.25) is 0 Å². The third-order valence-electron chi connectivity index (χ3n) is 4.31. The van der Waals surface area contributed by atoms with Gasteiger partial charge in [-0.25, -0.2) is 0 Å². The van der Waals surface area contributed by atoms with Gasteiger partial charge < -0.3 is 29.0 Å². The zero-order valence-electron chi connectivity index (χ0n) is 11.8. The van der Waals surface area contributed by atoms with Crippen LogP contribution in [0, 0.1) is 0 Å². The smallest absolute Gasteiger partial charge is 0.189 e. The summed E-state index contributed by atoms with van der Waals surface area (Å²) in [5, 5.41) is 3.41. The van der Waals surface area contributed by atoms with Gasteiger partial charge >= 0.3 is 0 Å². The highest BCUT2D eigenvalue weighted by Gasteiger charge is 2.71. The summed E-state index contributed by atoms with van der Waals surface area (Å²) < 4.78 is 29.4. The van der Waals surface area contributed by atoms with Gasteiger partial charge in [-0.15, -0.1) is 0 Å². The lowest BCUT2D eigenvalue weighted by Crippen LogP contribution is -2.47. The molecule has 19 heavy (non-hydrogen) atoms. The Morgan fingerprint density at radius 3 is 2.26 bits per heavy atom. The largest absolute Gasteiger partial charge is 0.348 e. The average Bonchev–Trinajstić information content (AvgIpc) is 2.82. The highest BCUT2D eigenvalue weighted by Crippen LogP contribution is 2.49. The zero-order chi connectivity index (χ0) is 13.5. The second-order valence-electron chi connectivity index (χ2n) is 6.74. The van der Waals surface area contributed by atoms with E-state index in [4.69, 9.17) is 23.7 Å². The van der Waals surface area contributed by atoms with Crippen molar-refractivity contribution in [3.63, 3.8) is 0 Å². The van der Waals surface area contributed by atoms with Gasteiger partial charge in [0, 0.05) is 6.54 Å². The van der Waals surface area contributed by atoms with Crippen molar-refractivity contribution in [3.8, 4) is 0 Å². The molecule has 4 heterocycles. The van der Waals surface area contributed by atoms with Gasteiger partial charge in [0.25, 0.3) is 0 Å². The van der Waals surface area contributed by atoms with Crippen LogP contribution in [-0.4, -0.2) is 54.9 Å². The number of hydrogen-bond acceptors (Lipinski definition) is 6. The van der Waals surface area contributed by atoms with Crippen LogP contribution in [0.1, 0.15) is 27.7 Å². The minimum absolute atomic E-state index is 0.0696. The van der Waals surface area contributed by atoms with Gasteiger partial charge in [0.2, 0.25) is 0 Å². The molecule has 4 fully saturated rings. The summed E-state index contributed by atoms with van der Waals surface area (Å²) in [7, 11) is 0. The van der Waals surface area contributed by atoms with Crippen LogP contribution in [0.4, 0.5) is 0 Å². The van der Waals surface area contributed by atoms with Crippen molar-refractivity contribution in [3.05, 3.63) is 0 Å². The molecule has 4 aliphatic heterocycles. The Hall–Kier alpha value is -0.240. The molecule has 0 aromatic carbocycles. The lowest BCUT2D eigenvalue weighted by Gasteiger charge is -2.28. The molecule has 6 heteroatoms. The van der Waals surface area contributed by atoms with Crippen molar-refractivity contribution >= 4 is 0 Å². The van der Waals surface area contributed by atoms with Crippen molar-refractivity contribution in [2.24, 2.45) is 0 Å². The number of ether oxygens (including phenoxy) is 5. The SMILES string of the molecule is CC1(C)OCC([C@H]2O[C@@H]3OC(C)(C)O[C@@H]3[C@]23CN3)O1. The van der Waals surface area contributed by atoms with Crippen molar-refractivity contribution in [2.75, 3.05) is 13.2 Å². The van der Waals surface area contributed by atoms with Gasteiger partial charge in [-0.2, -0.15) is 0 Å². The average molecular weight is 271 g/mol. The van der Waals surface area contributed by atoms with Gasteiger partial charge in [0.05, 0.1) is 12.1 Å². The molecular formula is C13H21NO5. The van der Waals surface area contributed by atoms with Gasteiger partial charge in [-0.1, -0.05) is 0 Å². The molecule has 1 N–H and O–H groups in total. The quantitative estimate of drug-likeness (QED) is 0.694. The molecule has 5 atom stereocenters. The normalized spacial score (nSPS) is 53.7. The van der Waals surface area contributed by atoms with Gasteiger partial charge in [-0.05, 0) is 27.7 Å². The van der Waals surface area contributed by atoms with Crippen LogP contribution in [0.5, 0.6) is 0 Å². The summed E-state index contributed by atoms with van der Waals surface area (Å²) >= 11 is 0. The summed E-state index contributed by atoms with van der Waals surface area (Å²) in [6.07, 6.45) is -0.548. The summed E-state index contributed by atoms with van der Waals surface area (Å²) in [4.78, 5) is 0. The Kier molecular flexibility index (Phi) is 2.30. The molecule has 0 aliphatic carbocycles. The van der Waals surface area contributed by atoms with E-state index in [-0.39, 0.29) is 30.1 Å². The second-order valence-corrected chi connectivity index (χ2v) is 6.74. The molecule has 1 unspecified atom stereocenters. The maximum atomic E-state index is 6.06. The Balaban J connectivity index is 1.55. The van der Waals surface area contributed by atoms with Crippen LogP contribution < -0.4 is 5.32 Å². The molecular weight excluding hydrogens is 250 g/mol. The zero-order valence-corrected chi connectivity index (χ0v) is 11.8. The first-order valence-corrected chi connectivity index (χ1v) is 6.89. The third kappa shape index (κ3) is 1.78. The predicted molar refractivity (Wildman–Crippen MR) is 64.3 cm³/mol. The van der Waals surface area contributed by atoms with E-state index >= 15 is 0 Å². The minimum atomic E-state index is -0.579. The van der Waals surface area contributed by atoms with Crippen LogP contribution >= 0.6 is 0 Å². The predicted octanol–water partition coefficient (Wildman–Crippen LogP) is 0.356. The summed E-state index contributed by atoms with van der Waals surface area (Å²) in [5.74, 6) is -1.12. The Labute approximate surface area is 112 Å². The van der Waals surface area contributed by atoms with E-state index in [1.54, 1.807) is 0 Å². The molecule has 108 valence electrons. The standard InChI is InChI=1S/C13H21NO5/c1-11(2)15-5-7(17-11)8-13(6-14-13)9-10(16-8)19-12(3,4)18-9/h7-10,14H,5-6H2,1-4H3/t7?,8-,9+,10-,13+/m1/s1. The van der Waals surface area contributed by atoms with Crippen molar-refractivity contribution in [1.29, 1.82) is 0 Å². The maximum absolute atomic E-state index is 6.06. The Morgan fingerprint density at radius 1 is 0.947 bits per heavy atom. The van der Waals surface area contributed by atoms with Crippen molar-refractivity contribution in [2.45, 2.75) is 69.4 Å². The molecule has 0 aromatic rings. The fourth-order valence-electron chi connectivity index (χ4n) is 3.39. The van der Waals surface area contributed by atoms with E-state index in [2.05, 4.69) is 5.32 Å². The third-order valence-corrected chi connectivity index (χ3v) is 4.31. The molecule has 4 aliphatic rings. The van der Waals surface area contributed by atoms with Crippen molar-refractivity contribution in [1.82, 2.24) is 5.32 Å². The van der Waals surface area contributed by atoms with E-state index in [1.165, 1.54) is 0 Å². The minimum Gasteiger partial charge on any atom is -0.348 e. The maximum Gasteiger partial charge on any atom is 0.189 e. The van der Waals surface area contributed by atoms with E-state index in [1.807, 2.05) is 27.7 Å². The highest BCUT2D eigenvalue weighted by molar-refractivity contribution is 5.22. The first kappa shape index (κ1) is 12.5. The first-order chi connectivity index (χ1) is 8.81. The second kappa shape index (κ2) is 3.50. The summed E-state index contributed by atoms with van der Waals surface area (Å²) in [6, 6.07) is 0. The van der Waals surface area contributed by atoms with Gasteiger partial charge in [0.15, 0.2) is 17.9 Å². The molecule has 6 nitrogen and oxygen atoms in total. The molecule has 0 saturated carbocycles. The van der Waals surface area contributed by atoms with E-state index in [9.17, 15) is 0 Å². The van der Waals surface area contributed by atoms with Crippen LogP contribution in [0.15, 0.2) is 0 Å². The number of nitrogens with one attached hydrogen (secondary N) is 1. The number of fused-ring (bicyclic) bond motifs is 2. The van der Waals surface area contributed by atoms with Gasteiger partial charge in [0.1, 0.15) is 18.3 Å². The first-order valence-electron chi connectivity index (χ1n) is 6.89. The fraction of sp³-hybridized carbons (Fsp3) is 1.00. The summed E-state index contributed by atoms with van der Waals surface area (Å²) in [5.41, 5.74) is -0.174. The molecule has 0 aromatic heterocycles. The lowest BCUT2D eigenvalue weighted by atomic mass is 9.94. The van der Waals surface area contributed by atoms with E-state index < -0.39 is 11.6 Å². The number of hydrogen-bond donors (Lipinski definition) is 1. The van der Waals surface area contributed by atoms with Crippen LogP contribution in [-0.2, 0) is 23.7 Å². The van der Waals surface area contributed by atoms with E-state index in [0.29, 0.717) is 6.61 Å². The monoisotopic (exact) mass is 271 g/mol. The molecule has 0 bridgehead atoms. The fourth-order valence-corrected chi connectivity index (χ4v) is 3.39. The van der Waals surface area contributed by atoms with Crippen LogP contribution in [0.3, 0.4) is 0 Å². The molecule has 1 spiro atoms. The summed E-state index contributed by atoms with van der Waals surface area (Å²) in [6.45, 7) is 9.09. The number of rotatable bonds is 1. The Bertz CT molecular complexity index is 406. The topological polar surface area (TPSA) is 68.1 Å². The van der Waals surface area contributed by atoms with E-state index in [0.717, 1.165) is 6.54 Å². The molecule has 0 radical (unpaired) electrons. The molecule has 4 saturated heterocycles. The van der Waals surface area contributed by atoms with Gasteiger partial charge in [-0.3, -0.25) is 0 Å². The van der Waals surface area contributed by atoms with Crippen molar-refractivity contribution < 1.29 is 23.7 Å². The molecule has 4 rings (SSSR count). The lowest BCUT2D eigenvalue weighted by molar-refractivity contribution is -0.224.